The van der Waals surface area contributed by atoms with E-state index in [1.807, 2.05) is 23.5 Å². The summed E-state index contributed by atoms with van der Waals surface area (Å²) >= 11 is 13.4. The standard InChI is InChI=1S/2C3H6S2.C2H8N2.Zn/c2*4-3-1-2-5-3;3-1-2-4;/h2*3-4H,1-2H2;1-4H2;/q;;;+2/p-2. The first-order valence-electron chi connectivity index (χ1n) is 4.65. The van der Waals surface area contributed by atoms with Crippen LogP contribution in [-0.2, 0) is 44.7 Å². The van der Waals surface area contributed by atoms with Gasteiger partial charge in [-0.1, -0.05) is 12.8 Å². The van der Waals surface area contributed by atoms with E-state index < -0.39 is 0 Å². The molecule has 0 radical (unpaired) electrons. The van der Waals surface area contributed by atoms with Gasteiger partial charge < -0.3 is 36.7 Å². The van der Waals surface area contributed by atoms with E-state index in [0.717, 1.165) is 0 Å². The Hall–Kier alpha value is 1.94. The van der Waals surface area contributed by atoms with Gasteiger partial charge in [-0.2, -0.15) is 23.5 Å². The van der Waals surface area contributed by atoms with Crippen molar-refractivity contribution in [3.8, 4) is 0 Å². The molecule has 0 aromatic carbocycles. The van der Waals surface area contributed by atoms with Crippen molar-refractivity contribution in [2.24, 2.45) is 11.5 Å². The average molecular weight is 336 g/mol. The van der Waals surface area contributed by atoms with Crippen LogP contribution in [0.25, 0.3) is 0 Å². The van der Waals surface area contributed by atoms with Gasteiger partial charge in [0.25, 0.3) is 0 Å². The molecule has 7 heteroatoms. The Morgan fingerprint density at radius 1 is 0.933 bits per heavy atom. The second-order valence-electron chi connectivity index (χ2n) is 2.76. The Morgan fingerprint density at radius 2 is 1.13 bits per heavy atom. The third-order valence-corrected chi connectivity index (χ3v) is 4.93. The Kier molecular flexibility index (Phi) is 18.0. The van der Waals surface area contributed by atoms with Gasteiger partial charge in [-0.3, -0.25) is 0 Å². The van der Waals surface area contributed by atoms with Gasteiger partial charge in [-0.25, -0.2) is 0 Å². The Balaban J connectivity index is 0. The van der Waals surface area contributed by atoms with Crippen molar-refractivity contribution in [3.05, 3.63) is 0 Å². The Labute approximate surface area is 125 Å². The van der Waals surface area contributed by atoms with Crippen LogP contribution in [0.15, 0.2) is 0 Å². The van der Waals surface area contributed by atoms with Crippen LogP contribution >= 0.6 is 23.5 Å². The molecule has 0 aromatic heterocycles. The predicted molar refractivity (Wildman–Crippen MR) is 74.6 cm³/mol. The zero-order valence-electron chi connectivity index (χ0n) is 8.89. The van der Waals surface area contributed by atoms with E-state index >= 15 is 0 Å². The molecule has 86 valence electrons. The molecule has 2 saturated heterocycles. The fourth-order valence-electron chi connectivity index (χ4n) is 0.428. The van der Waals surface area contributed by atoms with Gasteiger partial charge in [0, 0.05) is 13.1 Å². The number of nitrogens with two attached hydrogens (primary N) is 2. The largest absolute Gasteiger partial charge is 2.00 e. The Morgan fingerprint density at radius 3 is 1.13 bits per heavy atom. The van der Waals surface area contributed by atoms with E-state index in [1.165, 1.54) is 24.3 Å². The molecule has 2 unspecified atom stereocenters. The maximum absolute atomic E-state index is 4.90. The summed E-state index contributed by atoms with van der Waals surface area (Å²) in [6, 6.07) is 0. The summed E-state index contributed by atoms with van der Waals surface area (Å²) in [7, 11) is 0. The van der Waals surface area contributed by atoms with Crippen LogP contribution in [-0.4, -0.2) is 33.8 Å². The minimum absolute atomic E-state index is 0. The van der Waals surface area contributed by atoms with Crippen molar-refractivity contribution in [2.75, 3.05) is 24.6 Å². The predicted octanol–water partition coefficient (Wildman–Crippen LogP) is 0.894. The molecule has 0 bridgehead atoms. The smallest absolute Gasteiger partial charge is 0.779 e. The van der Waals surface area contributed by atoms with Gasteiger partial charge in [0.15, 0.2) is 0 Å². The van der Waals surface area contributed by atoms with Crippen molar-refractivity contribution < 1.29 is 19.5 Å². The molecule has 2 rings (SSSR count). The van der Waals surface area contributed by atoms with Gasteiger partial charge >= 0.3 is 19.5 Å². The van der Waals surface area contributed by atoms with Gasteiger partial charge in [0.05, 0.1) is 0 Å². The molecule has 0 aliphatic carbocycles. The summed E-state index contributed by atoms with van der Waals surface area (Å²) in [6.07, 6.45) is 2.53. The fourth-order valence-corrected chi connectivity index (χ4v) is 2.44. The van der Waals surface area contributed by atoms with Crippen LogP contribution in [0.4, 0.5) is 0 Å². The third-order valence-electron chi connectivity index (χ3n) is 1.48. The van der Waals surface area contributed by atoms with Crippen LogP contribution in [0.1, 0.15) is 12.8 Å². The minimum atomic E-state index is 0. The number of rotatable bonds is 1. The van der Waals surface area contributed by atoms with E-state index in [1.54, 1.807) is 0 Å². The second kappa shape index (κ2) is 14.0. The molecule has 0 aromatic rings. The van der Waals surface area contributed by atoms with Crippen molar-refractivity contribution in [2.45, 2.75) is 22.0 Å². The van der Waals surface area contributed by atoms with Gasteiger partial charge in [-0.15, -0.1) is 9.16 Å². The fraction of sp³-hybridized carbons (Fsp3) is 1.00. The zero-order valence-corrected chi connectivity index (χ0v) is 15.1. The molecule has 4 N–H and O–H groups in total. The summed E-state index contributed by atoms with van der Waals surface area (Å²) in [6.45, 7) is 1.19. The second-order valence-corrected chi connectivity index (χ2v) is 7.11. The first kappa shape index (κ1) is 19.3. The number of hydrogen-bond acceptors (Lipinski definition) is 6. The molecule has 2 nitrogen and oxygen atoms in total. The van der Waals surface area contributed by atoms with E-state index in [0.29, 0.717) is 22.3 Å². The monoisotopic (exact) mass is 334 g/mol. The number of hydrogen-bond donors (Lipinski definition) is 2. The average Bonchev–Trinajstić information content (AvgIpc) is 2.13. The minimum Gasteiger partial charge on any atom is -0.779 e. The molecule has 2 aliphatic rings. The molecule has 0 saturated carbocycles. The SMILES string of the molecule is NCCN.[S-]C1CCS1.[S-]C1CCS1.[Zn+2]. The summed E-state index contributed by atoms with van der Waals surface area (Å²) in [5.41, 5.74) is 9.81. The third kappa shape index (κ3) is 13.9. The van der Waals surface area contributed by atoms with Crippen LogP contribution in [0.2, 0.25) is 0 Å². The van der Waals surface area contributed by atoms with E-state index in [9.17, 15) is 0 Å². The maximum atomic E-state index is 4.90. The molecule has 2 heterocycles. The van der Waals surface area contributed by atoms with Crippen LogP contribution in [0.3, 0.4) is 0 Å². The van der Waals surface area contributed by atoms with Crippen LogP contribution in [0, 0.1) is 0 Å². The van der Waals surface area contributed by atoms with Crippen LogP contribution in [0.5, 0.6) is 0 Å². The molecule has 15 heavy (non-hydrogen) atoms. The van der Waals surface area contributed by atoms with Gasteiger partial charge in [-0.05, 0) is 11.5 Å². The van der Waals surface area contributed by atoms with E-state index in [2.05, 4.69) is 0 Å². The topological polar surface area (TPSA) is 52.0 Å². The first-order valence-corrected chi connectivity index (χ1v) is 7.69. The van der Waals surface area contributed by atoms with Crippen molar-refractivity contribution >= 4 is 48.8 Å². The van der Waals surface area contributed by atoms with Crippen molar-refractivity contribution in [1.82, 2.24) is 0 Å². The molecule has 2 atom stereocenters. The molecule has 0 amide bonds. The molecule has 2 fully saturated rings. The van der Waals surface area contributed by atoms with E-state index in [-0.39, 0.29) is 19.5 Å². The molecule has 2 aliphatic heterocycles. The molecular formula is C8H18N2S4Zn. The molecule has 0 spiro atoms. The Bertz CT molecular complexity index is 109. The van der Waals surface area contributed by atoms with Gasteiger partial charge in [0.2, 0.25) is 0 Å². The van der Waals surface area contributed by atoms with E-state index in [4.69, 9.17) is 36.7 Å². The quantitative estimate of drug-likeness (QED) is 0.548. The zero-order chi connectivity index (χ0) is 10.8. The van der Waals surface area contributed by atoms with Crippen LogP contribution < -0.4 is 11.5 Å². The molecular weight excluding hydrogens is 318 g/mol. The number of thioether (sulfide) groups is 2. The van der Waals surface area contributed by atoms with Crippen molar-refractivity contribution in [1.29, 1.82) is 0 Å². The van der Waals surface area contributed by atoms with Crippen molar-refractivity contribution in [3.63, 3.8) is 0 Å². The van der Waals surface area contributed by atoms with Gasteiger partial charge in [0.1, 0.15) is 0 Å². The summed E-state index contributed by atoms with van der Waals surface area (Å²) < 4.78 is 1.13. The summed E-state index contributed by atoms with van der Waals surface area (Å²) in [5.74, 6) is 2.60. The first-order chi connectivity index (χ1) is 6.70. The maximum Gasteiger partial charge on any atom is 2.00 e. The summed E-state index contributed by atoms with van der Waals surface area (Å²) in [4.78, 5) is 0. The normalized spacial score (nSPS) is 26.4. The summed E-state index contributed by atoms with van der Waals surface area (Å²) in [5, 5.41) is 0.